The van der Waals surface area contributed by atoms with Gasteiger partial charge in [0.25, 0.3) is 11.8 Å². The highest BCUT2D eigenvalue weighted by Gasteiger charge is 2.12. The average Bonchev–Trinajstić information content (AvgIpc) is 3.08. The van der Waals surface area contributed by atoms with E-state index in [1.807, 2.05) is 37.3 Å². The van der Waals surface area contributed by atoms with Crippen molar-refractivity contribution < 1.29 is 9.59 Å². The molecule has 6 heteroatoms. The molecule has 2 amide bonds. The number of hydrogen-bond acceptors (Lipinski definition) is 4. The number of aromatic nitrogens is 1. The van der Waals surface area contributed by atoms with Crippen LogP contribution in [0.15, 0.2) is 54.9 Å². The molecule has 27 heavy (non-hydrogen) atoms. The second-order valence-corrected chi connectivity index (χ2v) is 7.38. The van der Waals surface area contributed by atoms with Crippen molar-refractivity contribution in [2.75, 3.05) is 5.32 Å². The van der Waals surface area contributed by atoms with Crippen LogP contribution in [0.5, 0.6) is 0 Å². The molecule has 0 saturated carbocycles. The van der Waals surface area contributed by atoms with Crippen molar-refractivity contribution in [2.24, 2.45) is 0 Å². The Hall–Kier alpha value is -2.99. The van der Waals surface area contributed by atoms with Crippen molar-refractivity contribution >= 4 is 28.8 Å². The summed E-state index contributed by atoms with van der Waals surface area (Å²) in [5, 5.41) is 5.79. The third kappa shape index (κ3) is 4.80. The lowest BCUT2D eigenvalue weighted by Crippen LogP contribution is -2.22. The maximum atomic E-state index is 12.4. The van der Waals surface area contributed by atoms with Crippen LogP contribution in [0.1, 0.15) is 43.0 Å². The fourth-order valence-electron chi connectivity index (χ4n) is 2.71. The Balaban J connectivity index is 1.62. The molecule has 0 aliphatic rings. The monoisotopic (exact) mass is 379 g/mol. The number of nitrogens with zero attached hydrogens (tertiary/aromatic N) is 1. The summed E-state index contributed by atoms with van der Waals surface area (Å²) in [4.78, 5) is 30.4. The van der Waals surface area contributed by atoms with Gasteiger partial charge in [0, 0.05) is 29.5 Å². The highest BCUT2D eigenvalue weighted by atomic mass is 32.1. The summed E-state index contributed by atoms with van der Waals surface area (Å²) in [7, 11) is 0. The average molecular weight is 379 g/mol. The second kappa shape index (κ2) is 8.60. The summed E-state index contributed by atoms with van der Waals surface area (Å²) in [5.41, 5.74) is 3.30. The highest BCUT2D eigenvalue weighted by Crippen LogP contribution is 2.22. The van der Waals surface area contributed by atoms with Crippen molar-refractivity contribution in [1.29, 1.82) is 0 Å². The third-order valence-corrected chi connectivity index (χ3v) is 5.28. The van der Waals surface area contributed by atoms with Gasteiger partial charge in [0.15, 0.2) is 0 Å². The van der Waals surface area contributed by atoms with E-state index in [0.29, 0.717) is 17.8 Å². The fraction of sp³-hybridized carbons (Fsp3) is 0.190. The summed E-state index contributed by atoms with van der Waals surface area (Å²) in [6.07, 6.45) is 4.07. The molecule has 0 fully saturated rings. The zero-order valence-electron chi connectivity index (χ0n) is 15.3. The Labute approximate surface area is 162 Å². The summed E-state index contributed by atoms with van der Waals surface area (Å²) >= 11 is 1.52. The van der Waals surface area contributed by atoms with Crippen LogP contribution >= 0.6 is 11.3 Å². The molecule has 138 valence electrons. The molecule has 0 radical (unpaired) electrons. The quantitative estimate of drug-likeness (QED) is 0.674. The van der Waals surface area contributed by atoms with Crippen LogP contribution in [0.25, 0.3) is 0 Å². The van der Waals surface area contributed by atoms with E-state index in [0.717, 1.165) is 16.9 Å². The molecule has 0 saturated heterocycles. The van der Waals surface area contributed by atoms with Gasteiger partial charge in [-0.3, -0.25) is 14.6 Å². The summed E-state index contributed by atoms with van der Waals surface area (Å²) in [6.45, 7) is 4.52. The van der Waals surface area contributed by atoms with Crippen LogP contribution in [-0.4, -0.2) is 16.8 Å². The minimum Gasteiger partial charge on any atom is -0.347 e. The zero-order valence-corrected chi connectivity index (χ0v) is 16.1. The number of pyridine rings is 1. The minimum atomic E-state index is -0.217. The van der Waals surface area contributed by atoms with Crippen molar-refractivity contribution in [1.82, 2.24) is 10.3 Å². The molecular weight excluding hydrogens is 358 g/mol. The predicted octanol–water partition coefficient (Wildman–Crippen LogP) is 4.20. The number of amides is 2. The lowest BCUT2D eigenvalue weighted by Gasteiger charge is -2.08. The number of nitrogens with one attached hydrogen (secondary N) is 2. The first kappa shape index (κ1) is 18.8. The molecule has 0 aliphatic carbocycles. The van der Waals surface area contributed by atoms with Gasteiger partial charge < -0.3 is 10.6 Å². The van der Waals surface area contributed by atoms with Crippen LogP contribution < -0.4 is 10.6 Å². The standard InChI is InChI=1S/C21H21N3O2S/c1-3-16-11-19(27-14(16)2)21(26)23-12-15-6-4-8-18(10-15)24-20(25)17-7-5-9-22-13-17/h4-11,13H,3,12H2,1-2H3,(H,23,26)(H,24,25). The van der Waals surface area contributed by atoms with Crippen molar-refractivity contribution in [3.8, 4) is 0 Å². The van der Waals surface area contributed by atoms with E-state index in [1.165, 1.54) is 28.0 Å². The summed E-state index contributed by atoms with van der Waals surface area (Å²) in [5.74, 6) is -0.293. The first-order valence-electron chi connectivity index (χ1n) is 8.74. The van der Waals surface area contributed by atoms with Gasteiger partial charge in [0.05, 0.1) is 10.4 Å². The number of aryl methyl sites for hydroxylation is 2. The maximum Gasteiger partial charge on any atom is 0.261 e. The van der Waals surface area contributed by atoms with Gasteiger partial charge >= 0.3 is 0 Å². The molecule has 0 unspecified atom stereocenters. The van der Waals surface area contributed by atoms with Crippen molar-refractivity contribution in [2.45, 2.75) is 26.8 Å². The van der Waals surface area contributed by atoms with E-state index in [2.05, 4.69) is 22.5 Å². The molecule has 2 N–H and O–H groups in total. The summed E-state index contributed by atoms with van der Waals surface area (Å²) < 4.78 is 0. The lowest BCUT2D eigenvalue weighted by atomic mass is 10.2. The number of thiophene rings is 1. The fourth-order valence-corrected chi connectivity index (χ4v) is 3.74. The van der Waals surface area contributed by atoms with Crippen LogP contribution in [0.2, 0.25) is 0 Å². The lowest BCUT2D eigenvalue weighted by molar-refractivity contribution is 0.0954. The van der Waals surface area contributed by atoms with Crippen LogP contribution in [-0.2, 0) is 13.0 Å². The van der Waals surface area contributed by atoms with Crippen LogP contribution in [0, 0.1) is 6.92 Å². The van der Waals surface area contributed by atoms with E-state index in [9.17, 15) is 9.59 Å². The molecule has 1 aromatic carbocycles. The second-order valence-electron chi connectivity index (χ2n) is 6.12. The Bertz CT molecular complexity index is 951. The number of benzene rings is 1. The molecule has 3 rings (SSSR count). The number of carbonyl (C=O) groups excluding carboxylic acids is 2. The third-order valence-electron chi connectivity index (χ3n) is 4.19. The van der Waals surface area contributed by atoms with Gasteiger partial charge in [-0.05, 0) is 54.8 Å². The Morgan fingerprint density at radius 1 is 1.11 bits per heavy atom. The van der Waals surface area contributed by atoms with Gasteiger partial charge in [-0.1, -0.05) is 19.1 Å². The van der Waals surface area contributed by atoms with E-state index in [1.54, 1.807) is 18.3 Å². The predicted molar refractivity (Wildman–Crippen MR) is 108 cm³/mol. The molecule has 2 heterocycles. The summed E-state index contributed by atoms with van der Waals surface area (Å²) in [6, 6.07) is 12.8. The molecule has 5 nitrogen and oxygen atoms in total. The normalized spacial score (nSPS) is 10.4. The topological polar surface area (TPSA) is 71.1 Å². The highest BCUT2D eigenvalue weighted by molar-refractivity contribution is 7.14. The molecular formula is C21H21N3O2S. The Morgan fingerprint density at radius 3 is 2.67 bits per heavy atom. The smallest absolute Gasteiger partial charge is 0.261 e. The molecule has 0 aliphatic heterocycles. The largest absolute Gasteiger partial charge is 0.347 e. The van der Waals surface area contributed by atoms with Gasteiger partial charge in [-0.25, -0.2) is 0 Å². The molecule has 0 bridgehead atoms. The van der Waals surface area contributed by atoms with Crippen LogP contribution in [0.3, 0.4) is 0 Å². The first-order valence-corrected chi connectivity index (χ1v) is 9.56. The first-order chi connectivity index (χ1) is 13.1. The van der Waals surface area contributed by atoms with Crippen molar-refractivity contribution in [3.63, 3.8) is 0 Å². The molecule has 0 atom stereocenters. The molecule has 3 aromatic rings. The minimum absolute atomic E-state index is 0.0763. The van der Waals surface area contributed by atoms with Gasteiger partial charge in [0.2, 0.25) is 0 Å². The number of anilines is 1. The zero-order chi connectivity index (χ0) is 19.2. The van der Waals surface area contributed by atoms with Gasteiger partial charge in [-0.2, -0.15) is 0 Å². The van der Waals surface area contributed by atoms with Gasteiger partial charge in [-0.15, -0.1) is 11.3 Å². The molecule has 2 aromatic heterocycles. The van der Waals surface area contributed by atoms with E-state index in [-0.39, 0.29) is 11.8 Å². The number of carbonyl (C=O) groups is 2. The Kier molecular flexibility index (Phi) is 5.98. The van der Waals surface area contributed by atoms with Crippen molar-refractivity contribution in [3.05, 3.63) is 81.3 Å². The van der Waals surface area contributed by atoms with Gasteiger partial charge in [0.1, 0.15) is 0 Å². The van der Waals surface area contributed by atoms with Crippen LogP contribution in [0.4, 0.5) is 5.69 Å². The van der Waals surface area contributed by atoms with E-state index >= 15 is 0 Å². The van der Waals surface area contributed by atoms with E-state index < -0.39 is 0 Å². The number of rotatable bonds is 6. The Morgan fingerprint density at radius 2 is 1.96 bits per heavy atom. The number of hydrogen-bond donors (Lipinski definition) is 2. The van der Waals surface area contributed by atoms with E-state index in [4.69, 9.17) is 0 Å². The molecule has 0 spiro atoms. The SMILES string of the molecule is CCc1cc(C(=O)NCc2cccc(NC(=O)c3cccnc3)c2)sc1C. The maximum absolute atomic E-state index is 12.4.